The van der Waals surface area contributed by atoms with Gasteiger partial charge in [-0.3, -0.25) is 4.98 Å². The minimum absolute atomic E-state index is 0. The maximum Gasteiger partial charge on any atom is 0.0595 e. The third kappa shape index (κ3) is 4.69. The first-order valence-electron chi connectivity index (χ1n) is 9.91. The molecule has 2 aliphatic carbocycles. The predicted octanol–water partition coefficient (Wildman–Crippen LogP) is 4.62. The Bertz CT molecular complexity index is 884. The number of pyridine rings is 1. The van der Waals surface area contributed by atoms with E-state index in [2.05, 4.69) is 23.2 Å². The van der Waals surface area contributed by atoms with Crippen LogP contribution in [0.25, 0.3) is 22.2 Å². The van der Waals surface area contributed by atoms with Crippen molar-refractivity contribution in [3.05, 3.63) is 66.7 Å². The van der Waals surface area contributed by atoms with Crippen molar-refractivity contribution in [1.29, 1.82) is 0 Å². The van der Waals surface area contributed by atoms with Gasteiger partial charge < -0.3 is 10.2 Å². The molecule has 2 aromatic carbocycles. The fourth-order valence-corrected chi connectivity index (χ4v) is 4.54. The zero-order chi connectivity index (χ0) is 18.6. The van der Waals surface area contributed by atoms with Crippen LogP contribution >= 0.6 is 0 Å². The van der Waals surface area contributed by atoms with E-state index in [-0.39, 0.29) is 38.2 Å². The van der Waals surface area contributed by atoms with Crippen molar-refractivity contribution in [1.82, 2.24) is 4.98 Å². The number of fused-ring (bicyclic) bond motifs is 2. The molecule has 28 heavy (non-hydrogen) atoms. The second-order valence-corrected chi connectivity index (χ2v) is 7.65. The van der Waals surface area contributed by atoms with Gasteiger partial charge in [0, 0.05) is 26.0 Å². The molecule has 3 nitrogen and oxygen atoms in total. The van der Waals surface area contributed by atoms with Gasteiger partial charge in [0.15, 0.2) is 0 Å². The van der Waals surface area contributed by atoms with E-state index in [9.17, 15) is 10.2 Å². The molecule has 4 atom stereocenters. The Morgan fingerprint density at radius 2 is 1.61 bits per heavy atom. The summed E-state index contributed by atoms with van der Waals surface area (Å²) in [7, 11) is 0. The minimum atomic E-state index is -0.216. The largest absolute Gasteiger partial charge is 0.393 e. The van der Waals surface area contributed by atoms with Crippen LogP contribution in [0.2, 0.25) is 0 Å². The number of aliphatic hydroxyl groups excluding tert-OH is 2. The normalized spacial score (nSPS) is 25.9. The minimum Gasteiger partial charge on any atom is -0.393 e. The molecule has 5 rings (SSSR count). The van der Waals surface area contributed by atoms with E-state index in [0.29, 0.717) is 5.92 Å². The zero-order valence-corrected chi connectivity index (χ0v) is 18.2. The molecule has 2 N–H and O–H groups in total. The van der Waals surface area contributed by atoms with Crippen molar-refractivity contribution in [3.8, 4) is 11.3 Å². The first-order valence-corrected chi connectivity index (χ1v) is 9.91. The number of aromatic nitrogens is 1. The third-order valence-electron chi connectivity index (χ3n) is 5.92. The van der Waals surface area contributed by atoms with Gasteiger partial charge in [0.05, 0.1) is 17.7 Å². The zero-order valence-electron chi connectivity index (χ0n) is 15.8. The average Bonchev–Trinajstić information content (AvgIpc) is 3.11. The maximum atomic E-state index is 9.59. The van der Waals surface area contributed by atoms with Crippen molar-refractivity contribution in [2.45, 2.75) is 44.3 Å². The van der Waals surface area contributed by atoms with E-state index >= 15 is 0 Å². The average molecular weight is 553 g/mol. The predicted molar refractivity (Wildman–Crippen MR) is 108 cm³/mol. The SMILES string of the molecule is OC1CCCC2CCC(O)C12.[Ir].[c-]1ccccc1-c1ccc2ccccc2n1. The van der Waals surface area contributed by atoms with E-state index < -0.39 is 0 Å². The molecule has 1 heterocycles. The van der Waals surface area contributed by atoms with Crippen LogP contribution in [0.4, 0.5) is 0 Å². The molecule has 0 aliphatic heterocycles. The summed E-state index contributed by atoms with van der Waals surface area (Å²) in [6, 6.07) is 23.4. The Morgan fingerprint density at radius 1 is 0.821 bits per heavy atom. The van der Waals surface area contributed by atoms with E-state index in [4.69, 9.17) is 0 Å². The van der Waals surface area contributed by atoms with Gasteiger partial charge in [0.25, 0.3) is 0 Å². The number of para-hydroxylation sites is 1. The molecular weight excluding hydrogens is 526 g/mol. The summed E-state index contributed by atoms with van der Waals surface area (Å²) < 4.78 is 0. The quantitative estimate of drug-likeness (QED) is 0.434. The van der Waals surface area contributed by atoms with Crippen LogP contribution in [-0.2, 0) is 20.1 Å². The van der Waals surface area contributed by atoms with Crippen LogP contribution in [0.5, 0.6) is 0 Å². The molecule has 0 amide bonds. The van der Waals surface area contributed by atoms with Crippen molar-refractivity contribution in [3.63, 3.8) is 0 Å². The van der Waals surface area contributed by atoms with Crippen molar-refractivity contribution < 1.29 is 30.3 Å². The van der Waals surface area contributed by atoms with Crippen LogP contribution < -0.4 is 0 Å². The summed E-state index contributed by atoms with van der Waals surface area (Å²) >= 11 is 0. The Hall–Kier alpha value is -1.58. The van der Waals surface area contributed by atoms with Gasteiger partial charge in [-0.05, 0) is 48.7 Å². The summed E-state index contributed by atoms with van der Waals surface area (Å²) in [5.74, 6) is 0.831. The fourth-order valence-electron chi connectivity index (χ4n) is 4.54. The van der Waals surface area contributed by atoms with Crippen LogP contribution in [0.15, 0.2) is 60.7 Å². The van der Waals surface area contributed by atoms with Gasteiger partial charge in [-0.2, -0.15) is 0 Å². The third-order valence-corrected chi connectivity index (χ3v) is 5.92. The standard InChI is InChI=1S/C15H10N.C9H16O2.Ir/c1-2-6-12(7-3-1)15-11-10-13-8-4-5-9-14(13)16-15;10-7-3-1-2-6-4-5-8(11)9(6)7;/h1-6,8-11H;6-11H,1-5H2;/q-1;;. The van der Waals surface area contributed by atoms with Crippen LogP contribution in [0, 0.1) is 17.9 Å². The molecule has 2 saturated carbocycles. The molecule has 0 spiro atoms. The molecule has 0 bridgehead atoms. The molecule has 0 saturated heterocycles. The summed E-state index contributed by atoms with van der Waals surface area (Å²) in [5, 5.41) is 20.3. The molecule has 4 heteroatoms. The Kier molecular flexibility index (Phi) is 7.36. The number of nitrogens with zero attached hydrogens (tertiary/aromatic N) is 1. The van der Waals surface area contributed by atoms with Gasteiger partial charge in [-0.25, -0.2) is 0 Å². The second-order valence-electron chi connectivity index (χ2n) is 7.65. The summed E-state index contributed by atoms with van der Waals surface area (Å²) in [4.78, 5) is 4.61. The van der Waals surface area contributed by atoms with Crippen LogP contribution in [0.3, 0.4) is 0 Å². The van der Waals surface area contributed by atoms with Crippen molar-refractivity contribution >= 4 is 10.9 Å². The van der Waals surface area contributed by atoms with Crippen LogP contribution in [0.1, 0.15) is 32.1 Å². The van der Waals surface area contributed by atoms with E-state index in [1.54, 1.807) is 0 Å². The number of rotatable bonds is 1. The van der Waals surface area contributed by atoms with Crippen molar-refractivity contribution in [2.75, 3.05) is 0 Å². The molecular formula is C24H26IrNO2-. The monoisotopic (exact) mass is 553 g/mol. The number of aliphatic hydroxyl groups is 2. The number of hydrogen-bond acceptors (Lipinski definition) is 3. The van der Waals surface area contributed by atoms with Crippen LogP contribution in [-0.4, -0.2) is 27.4 Å². The Morgan fingerprint density at radius 3 is 2.39 bits per heavy atom. The number of benzene rings is 2. The van der Waals surface area contributed by atoms with Gasteiger partial charge in [-0.15, -0.1) is 35.9 Å². The smallest absolute Gasteiger partial charge is 0.0595 e. The molecule has 1 aromatic heterocycles. The molecule has 2 aliphatic rings. The van der Waals surface area contributed by atoms with Crippen molar-refractivity contribution in [2.24, 2.45) is 11.8 Å². The van der Waals surface area contributed by atoms with E-state index in [1.165, 1.54) is 11.8 Å². The Balaban J connectivity index is 0.000000165. The van der Waals surface area contributed by atoms with Gasteiger partial charge >= 0.3 is 0 Å². The van der Waals surface area contributed by atoms with Gasteiger partial charge in [-0.1, -0.05) is 36.8 Å². The summed E-state index contributed by atoms with van der Waals surface area (Å²) in [5.41, 5.74) is 3.03. The molecule has 149 valence electrons. The maximum absolute atomic E-state index is 9.59. The first-order chi connectivity index (χ1) is 13.2. The second kappa shape index (κ2) is 9.75. The molecule has 2 fully saturated rings. The van der Waals surface area contributed by atoms with Gasteiger partial charge in [0.1, 0.15) is 0 Å². The topological polar surface area (TPSA) is 53.4 Å². The van der Waals surface area contributed by atoms with E-state index in [0.717, 1.165) is 42.5 Å². The molecule has 4 unspecified atom stereocenters. The summed E-state index contributed by atoms with van der Waals surface area (Å²) in [6.07, 6.45) is 4.88. The molecule has 1 radical (unpaired) electrons. The number of hydrogen-bond donors (Lipinski definition) is 2. The molecule has 3 aromatic rings. The van der Waals surface area contributed by atoms with E-state index in [1.807, 2.05) is 48.5 Å². The summed E-state index contributed by atoms with van der Waals surface area (Å²) in [6.45, 7) is 0. The first kappa shape index (κ1) is 21.1. The van der Waals surface area contributed by atoms with Gasteiger partial charge in [0.2, 0.25) is 0 Å². The fraction of sp³-hybridized carbons (Fsp3) is 0.375. The Labute approximate surface area is 180 Å².